The van der Waals surface area contributed by atoms with Gasteiger partial charge < -0.3 is 5.32 Å². The van der Waals surface area contributed by atoms with Gasteiger partial charge in [-0.1, -0.05) is 6.07 Å². The van der Waals surface area contributed by atoms with E-state index in [1.165, 1.54) is 0 Å². The van der Waals surface area contributed by atoms with E-state index in [1.807, 2.05) is 43.4 Å². The van der Waals surface area contributed by atoms with E-state index in [4.69, 9.17) is 0 Å². The van der Waals surface area contributed by atoms with Crippen molar-refractivity contribution in [3.63, 3.8) is 0 Å². The van der Waals surface area contributed by atoms with Gasteiger partial charge in [-0.3, -0.25) is 15.1 Å². The molecule has 6 heteroatoms. The molecule has 2 N–H and O–H groups in total. The Morgan fingerprint density at radius 2 is 2.00 bits per heavy atom. The maximum Gasteiger partial charge on any atom is 0.126 e. The average molecular weight is 302 g/mol. The molecule has 0 aliphatic heterocycles. The Hall–Kier alpha value is -3.28. The molecule has 0 bridgehead atoms. The number of H-pyrrole nitrogens is 1. The van der Waals surface area contributed by atoms with Gasteiger partial charge in [0, 0.05) is 30.4 Å². The van der Waals surface area contributed by atoms with Crippen molar-refractivity contribution in [3.8, 4) is 22.6 Å². The van der Waals surface area contributed by atoms with E-state index in [2.05, 4.69) is 30.5 Å². The predicted molar refractivity (Wildman–Crippen MR) is 89.9 cm³/mol. The van der Waals surface area contributed by atoms with Crippen molar-refractivity contribution in [2.24, 2.45) is 0 Å². The van der Waals surface area contributed by atoms with E-state index in [9.17, 15) is 0 Å². The third-order valence-electron chi connectivity index (χ3n) is 3.65. The first-order valence-electron chi connectivity index (χ1n) is 7.25. The van der Waals surface area contributed by atoms with Crippen molar-refractivity contribution in [2.75, 3.05) is 12.4 Å². The molecule has 4 rings (SSSR count). The van der Waals surface area contributed by atoms with E-state index in [1.54, 1.807) is 18.6 Å². The van der Waals surface area contributed by atoms with Crippen LogP contribution in [0.3, 0.4) is 0 Å². The lowest BCUT2D eigenvalue weighted by atomic mass is 10.1. The number of nitrogens with zero attached hydrogens (tertiary/aromatic N) is 4. The minimum Gasteiger partial charge on any atom is -0.373 e. The molecule has 0 radical (unpaired) electrons. The van der Waals surface area contributed by atoms with Crippen LogP contribution in [0.4, 0.5) is 5.82 Å². The molecular weight excluding hydrogens is 288 g/mol. The summed E-state index contributed by atoms with van der Waals surface area (Å²) in [6, 6.07) is 11.7. The number of fused-ring (bicyclic) bond motifs is 1. The molecule has 6 nitrogen and oxygen atoms in total. The van der Waals surface area contributed by atoms with Crippen molar-refractivity contribution in [2.45, 2.75) is 0 Å². The maximum atomic E-state index is 4.56. The summed E-state index contributed by atoms with van der Waals surface area (Å²) >= 11 is 0. The first-order valence-corrected chi connectivity index (χ1v) is 7.25. The monoisotopic (exact) mass is 302 g/mol. The van der Waals surface area contributed by atoms with Gasteiger partial charge in [-0.25, -0.2) is 4.98 Å². The number of aromatic amines is 1. The molecule has 0 aliphatic carbocycles. The van der Waals surface area contributed by atoms with Crippen LogP contribution in [0.25, 0.3) is 33.5 Å². The molecule has 4 heterocycles. The fraction of sp³-hybridized carbons (Fsp3) is 0.0588. The van der Waals surface area contributed by atoms with Crippen LogP contribution >= 0.6 is 0 Å². The van der Waals surface area contributed by atoms with E-state index in [0.717, 1.165) is 39.4 Å². The normalized spacial score (nSPS) is 10.8. The van der Waals surface area contributed by atoms with E-state index >= 15 is 0 Å². The van der Waals surface area contributed by atoms with E-state index < -0.39 is 0 Å². The van der Waals surface area contributed by atoms with Crippen LogP contribution in [0.5, 0.6) is 0 Å². The third kappa shape index (κ3) is 2.40. The van der Waals surface area contributed by atoms with Gasteiger partial charge >= 0.3 is 0 Å². The van der Waals surface area contributed by atoms with E-state index in [0.29, 0.717) is 0 Å². The molecule has 0 unspecified atom stereocenters. The average Bonchev–Trinajstić information content (AvgIpc) is 3.05. The highest BCUT2D eigenvalue weighted by Crippen LogP contribution is 2.28. The molecule has 0 amide bonds. The second kappa shape index (κ2) is 5.49. The van der Waals surface area contributed by atoms with Crippen LogP contribution in [0.15, 0.2) is 55.0 Å². The topological polar surface area (TPSA) is 79.4 Å². The zero-order valence-electron chi connectivity index (χ0n) is 12.5. The molecule has 0 saturated heterocycles. The standard InChI is InChI=1S/C17H14N6/c1-18-16-6-2-5-13(21-16)17-12-8-14(11-4-3-7-19-9-11)20-10-15(12)22-23-17/h2-10H,1H3,(H,18,21)(H,22,23). The summed E-state index contributed by atoms with van der Waals surface area (Å²) in [5, 5.41) is 11.4. The fourth-order valence-corrected chi connectivity index (χ4v) is 2.49. The van der Waals surface area contributed by atoms with Crippen LogP contribution < -0.4 is 5.32 Å². The molecule has 0 fully saturated rings. The quantitative estimate of drug-likeness (QED) is 0.608. The minimum absolute atomic E-state index is 0.806. The first-order chi connectivity index (χ1) is 11.3. The lowest BCUT2D eigenvalue weighted by Crippen LogP contribution is -1.93. The molecule has 112 valence electrons. The zero-order chi connectivity index (χ0) is 15.6. The summed E-state index contributed by atoms with van der Waals surface area (Å²) < 4.78 is 0. The number of hydrogen-bond donors (Lipinski definition) is 2. The molecule has 0 atom stereocenters. The molecule has 23 heavy (non-hydrogen) atoms. The van der Waals surface area contributed by atoms with Crippen molar-refractivity contribution in [1.29, 1.82) is 0 Å². The molecule has 0 aromatic carbocycles. The van der Waals surface area contributed by atoms with Crippen LogP contribution in [0.1, 0.15) is 0 Å². The highest BCUT2D eigenvalue weighted by Gasteiger charge is 2.12. The SMILES string of the molecule is CNc1cccc(-c2n[nH]c3cnc(-c4cccnc4)cc23)n1. The molecule has 0 aliphatic rings. The highest BCUT2D eigenvalue weighted by molar-refractivity contribution is 5.93. The smallest absolute Gasteiger partial charge is 0.126 e. The predicted octanol–water partition coefficient (Wildman–Crippen LogP) is 3.12. The summed E-state index contributed by atoms with van der Waals surface area (Å²) in [6.45, 7) is 0. The molecule has 4 aromatic heterocycles. The molecular formula is C17H14N6. The number of rotatable bonds is 3. The Kier molecular flexibility index (Phi) is 3.20. The summed E-state index contributed by atoms with van der Waals surface area (Å²) in [6.07, 6.45) is 5.34. The zero-order valence-corrected chi connectivity index (χ0v) is 12.5. The van der Waals surface area contributed by atoms with Crippen molar-refractivity contribution in [3.05, 3.63) is 55.0 Å². The van der Waals surface area contributed by atoms with Crippen molar-refractivity contribution >= 4 is 16.7 Å². The number of hydrogen-bond acceptors (Lipinski definition) is 5. The Balaban J connectivity index is 1.88. The second-order valence-corrected chi connectivity index (χ2v) is 5.09. The second-order valence-electron chi connectivity index (χ2n) is 5.09. The molecule has 0 saturated carbocycles. The number of anilines is 1. The van der Waals surface area contributed by atoms with Gasteiger partial charge in [0.15, 0.2) is 0 Å². The molecule has 4 aromatic rings. The van der Waals surface area contributed by atoms with Crippen molar-refractivity contribution in [1.82, 2.24) is 25.1 Å². The lowest BCUT2D eigenvalue weighted by Gasteiger charge is -2.03. The largest absolute Gasteiger partial charge is 0.373 e. The van der Waals surface area contributed by atoms with Crippen molar-refractivity contribution < 1.29 is 0 Å². The van der Waals surface area contributed by atoms with Gasteiger partial charge in [-0.15, -0.1) is 0 Å². The van der Waals surface area contributed by atoms with Gasteiger partial charge in [0.2, 0.25) is 0 Å². The van der Waals surface area contributed by atoms with E-state index in [-0.39, 0.29) is 0 Å². The summed E-state index contributed by atoms with van der Waals surface area (Å²) in [5.41, 5.74) is 4.33. The fourth-order valence-electron chi connectivity index (χ4n) is 2.49. The highest BCUT2D eigenvalue weighted by atomic mass is 15.1. The van der Waals surface area contributed by atoms with Gasteiger partial charge in [0.25, 0.3) is 0 Å². The Labute approximate surface area is 132 Å². The Morgan fingerprint density at radius 3 is 2.83 bits per heavy atom. The van der Waals surface area contributed by atoms with Gasteiger partial charge in [-0.2, -0.15) is 5.10 Å². The summed E-state index contributed by atoms with van der Waals surface area (Å²) in [5.74, 6) is 0.806. The van der Waals surface area contributed by atoms with Crippen LogP contribution in [0.2, 0.25) is 0 Å². The first kappa shape index (κ1) is 13.4. The Morgan fingerprint density at radius 1 is 1.04 bits per heavy atom. The van der Waals surface area contributed by atoms with Crippen LogP contribution in [0, 0.1) is 0 Å². The van der Waals surface area contributed by atoms with Crippen LogP contribution in [-0.2, 0) is 0 Å². The lowest BCUT2D eigenvalue weighted by molar-refractivity contribution is 1.11. The van der Waals surface area contributed by atoms with Gasteiger partial charge in [0.05, 0.1) is 23.1 Å². The maximum absolute atomic E-state index is 4.56. The van der Waals surface area contributed by atoms with Gasteiger partial charge in [-0.05, 0) is 30.3 Å². The van der Waals surface area contributed by atoms with Gasteiger partial charge in [0.1, 0.15) is 11.5 Å². The number of nitrogens with one attached hydrogen (secondary N) is 2. The summed E-state index contributed by atoms with van der Waals surface area (Å²) in [7, 11) is 1.85. The van der Waals surface area contributed by atoms with Crippen LogP contribution in [-0.4, -0.2) is 32.2 Å². The number of aromatic nitrogens is 5. The Bertz CT molecular complexity index is 961. The minimum atomic E-state index is 0.806. The molecule has 0 spiro atoms. The summed E-state index contributed by atoms with van der Waals surface area (Å²) in [4.78, 5) is 13.2. The number of pyridine rings is 3. The third-order valence-corrected chi connectivity index (χ3v) is 3.65.